The van der Waals surface area contributed by atoms with Gasteiger partial charge in [-0.25, -0.2) is 4.79 Å². The zero-order valence-electron chi connectivity index (χ0n) is 27.7. The third-order valence-electron chi connectivity index (χ3n) is 9.72. The summed E-state index contributed by atoms with van der Waals surface area (Å²) in [5.41, 5.74) is 3.07. The number of hydrogen-bond donors (Lipinski definition) is 1. The van der Waals surface area contributed by atoms with Crippen molar-refractivity contribution >= 4 is 17.9 Å². The number of rotatable bonds is 14. The predicted octanol–water partition coefficient (Wildman–Crippen LogP) is 4.98. The van der Waals surface area contributed by atoms with Crippen LogP contribution in [0, 0.1) is 17.8 Å². The van der Waals surface area contributed by atoms with Gasteiger partial charge in [-0.15, -0.1) is 0 Å². The number of benzene rings is 2. The number of carboxylic acid groups (broad SMARTS) is 1. The molecule has 3 aliphatic rings. The van der Waals surface area contributed by atoms with Crippen LogP contribution in [0.3, 0.4) is 0 Å². The molecule has 1 heterocycles. The summed E-state index contributed by atoms with van der Waals surface area (Å²) in [6.45, 7) is 6.53. The van der Waals surface area contributed by atoms with Crippen LogP contribution in [-0.2, 0) is 22.4 Å². The van der Waals surface area contributed by atoms with Crippen molar-refractivity contribution in [2.75, 3.05) is 53.6 Å². The van der Waals surface area contributed by atoms with E-state index >= 15 is 0 Å². The van der Waals surface area contributed by atoms with Crippen molar-refractivity contribution in [3.8, 4) is 11.5 Å². The number of amides is 3. The molecule has 46 heavy (non-hydrogen) atoms. The number of methoxy groups -OCH3 is 2. The van der Waals surface area contributed by atoms with Gasteiger partial charge in [0.25, 0.3) is 5.91 Å². The van der Waals surface area contributed by atoms with E-state index in [9.17, 15) is 19.5 Å². The van der Waals surface area contributed by atoms with Crippen molar-refractivity contribution in [2.45, 2.75) is 64.5 Å². The van der Waals surface area contributed by atoms with E-state index in [4.69, 9.17) is 14.2 Å². The highest BCUT2D eigenvalue weighted by Crippen LogP contribution is 2.36. The maximum absolute atomic E-state index is 14.0. The van der Waals surface area contributed by atoms with Gasteiger partial charge < -0.3 is 34.0 Å². The van der Waals surface area contributed by atoms with Gasteiger partial charge in [-0.1, -0.05) is 24.3 Å². The summed E-state index contributed by atoms with van der Waals surface area (Å²) in [5.74, 6) is 0.853. The number of carbonyl (C=O) groups excluding carboxylic acids is 2. The highest BCUT2D eigenvalue weighted by molar-refractivity contribution is 5.95. The maximum atomic E-state index is 14.0. The highest BCUT2D eigenvalue weighted by atomic mass is 16.5. The van der Waals surface area contributed by atoms with E-state index < -0.39 is 6.09 Å². The van der Waals surface area contributed by atoms with Gasteiger partial charge in [0.15, 0.2) is 11.5 Å². The third-order valence-corrected chi connectivity index (χ3v) is 9.72. The molecular formula is C36H49N3O7. The second-order valence-corrected chi connectivity index (χ2v) is 13.2. The van der Waals surface area contributed by atoms with Crippen molar-refractivity contribution in [1.29, 1.82) is 0 Å². The second kappa shape index (κ2) is 15.2. The molecule has 5 rings (SSSR count). The van der Waals surface area contributed by atoms with Crippen molar-refractivity contribution in [3.05, 3.63) is 59.2 Å². The molecule has 1 N–H and O–H groups in total. The lowest BCUT2D eigenvalue weighted by atomic mass is 9.83. The molecule has 0 spiro atoms. The maximum Gasteiger partial charge on any atom is 0.407 e. The zero-order valence-corrected chi connectivity index (χ0v) is 27.7. The molecule has 1 saturated carbocycles. The second-order valence-electron chi connectivity index (χ2n) is 13.2. The van der Waals surface area contributed by atoms with Crippen LogP contribution in [0.2, 0.25) is 0 Å². The van der Waals surface area contributed by atoms with Crippen LogP contribution in [0.25, 0.3) is 0 Å². The minimum Gasteiger partial charge on any atom is -0.493 e. The topological polar surface area (TPSA) is 109 Å². The SMILES string of the molecule is COCCCOc1cc(C(=O)N(C[C@@H]2CN(C(=O)O)C[C@H]2CN(C(=O)[C@H]2CCc3ccccc3C2)C2CC2)C(C)C)ccc1OC. The van der Waals surface area contributed by atoms with Crippen LogP contribution in [0.1, 0.15) is 61.0 Å². The fraction of sp³-hybridized carbons (Fsp3) is 0.583. The fourth-order valence-corrected chi connectivity index (χ4v) is 6.96. The van der Waals surface area contributed by atoms with Crippen LogP contribution in [0.5, 0.6) is 11.5 Å². The van der Waals surface area contributed by atoms with Gasteiger partial charge in [-0.05, 0) is 75.3 Å². The Hall–Kier alpha value is -3.79. The number of aryl methyl sites for hydroxylation is 1. The lowest BCUT2D eigenvalue weighted by Gasteiger charge is -2.35. The Labute approximate surface area is 272 Å². The van der Waals surface area contributed by atoms with Crippen molar-refractivity contribution < 1.29 is 33.7 Å². The Morgan fingerprint density at radius 3 is 2.30 bits per heavy atom. The van der Waals surface area contributed by atoms with Gasteiger partial charge in [0.1, 0.15) is 0 Å². The average Bonchev–Trinajstić information content (AvgIpc) is 3.82. The predicted molar refractivity (Wildman–Crippen MR) is 174 cm³/mol. The summed E-state index contributed by atoms with van der Waals surface area (Å²) in [7, 11) is 3.21. The summed E-state index contributed by atoms with van der Waals surface area (Å²) >= 11 is 0. The third kappa shape index (κ3) is 7.94. The fourth-order valence-electron chi connectivity index (χ4n) is 6.96. The normalized spacial score (nSPS) is 20.7. The number of likely N-dealkylation sites (tertiary alicyclic amines) is 1. The molecule has 2 aliphatic carbocycles. The van der Waals surface area contributed by atoms with E-state index in [1.807, 2.05) is 24.8 Å². The molecule has 0 unspecified atom stereocenters. The summed E-state index contributed by atoms with van der Waals surface area (Å²) in [6.07, 6.45) is 4.20. The minimum absolute atomic E-state index is 0.0549. The minimum atomic E-state index is -0.964. The van der Waals surface area contributed by atoms with Crippen LogP contribution >= 0.6 is 0 Å². The highest BCUT2D eigenvalue weighted by Gasteiger charge is 2.43. The molecule has 3 amide bonds. The Balaban J connectivity index is 1.32. The van der Waals surface area contributed by atoms with Gasteiger partial charge >= 0.3 is 6.09 Å². The van der Waals surface area contributed by atoms with Gasteiger partial charge in [-0.2, -0.15) is 0 Å². The molecule has 2 fully saturated rings. The van der Waals surface area contributed by atoms with Crippen LogP contribution < -0.4 is 9.47 Å². The Kier molecular flexibility index (Phi) is 11.1. The van der Waals surface area contributed by atoms with Crippen molar-refractivity contribution in [3.63, 3.8) is 0 Å². The molecule has 1 aliphatic heterocycles. The first kappa shape index (κ1) is 33.6. The molecule has 10 nitrogen and oxygen atoms in total. The summed E-state index contributed by atoms with van der Waals surface area (Å²) in [4.78, 5) is 45.5. The van der Waals surface area contributed by atoms with Crippen LogP contribution in [-0.4, -0.2) is 103 Å². The van der Waals surface area contributed by atoms with E-state index in [1.54, 1.807) is 32.4 Å². The molecule has 0 radical (unpaired) electrons. The van der Waals surface area contributed by atoms with Crippen molar-refractivity contribution in [2.24, 2.45) is 17.8 Å². The van der Waals surface area contributed by atoms with E-state index in [1.165, 1.54) is 16.0 Å². The number of nitrogens with zero attached hydrogens (tertiary/aromatic N) is 3. The van der Waals surface area contributed by atoms with Gasteiger partial charge in [0.2, 0.25) is 5.91 Å². The standard InChI is InChI=1S/C36H49N3O7/c1-24(2)38(34(40)28-12-15-32(45-4)33(19-28)46-17-7-16-44-3)22-29-20-37(36(42)43)21-30(29)23-39(31-13-14-31)35(41)27-11-10-25-8-5-6-9-26(25)18-27/h5-6,8-9,12,15,19,24,27,29-31H,7,10-11,13-14,16-18,20-23H2,1-4H3,(H,42,43)/t27-,29-,30-/m0/s1. The Bertz CT molecular complexity index is 1380. The summed E-state index contributed by atoms with van der Waals surface area (Å²) < 4.78 is 16.5. The van der Waals surface area contributed by atoms with E-state index in [2.05, 4.69) is 23.1 Å². The van der Waals surface area contributed by atoms with Crippen LogP contribution in [0.15, 0.2) is 42.5 Å². The Morgan fingerprint density at radius 2 is 1.65 bits per heavy atom. The molecule has 10 heteroatoms. The number of hydrogen-bond acceptors (Lipinski definition) is 6. The molecule has 0 bridgehead atoms. The van der Waals surface area contributed by atoms with E-state index in [0.717, 1.165) is 32.1 Å². The van der Waals surface area contributed by atoms with E-state index in [-0.39, 0.29) is 41.7 Å². The van der Waals surface area contributed by atoms with Gasteiger partial charge in [0.05, 0.1) is 13.7 Å². The first-order chi connectivity index (χ1) is 22.2. The van der Waals surface area contributed by atoms with E-state index in [0.29, 0.717) is 62.9 Å². The summed E-state index contributed by atoms with van der Waals surface area (Å²) in [5, 5.41) is 9.96. The molecule has 2 aromatic rings. The van der Waals surface area contributed by atoms with Gasteiger partial charge in [-0.3, -0.25) is 9.59 Å². The first-order valence-corrected chi connectivity index (χ1v) is 16.7. The summed E-state index contributed by atoms with van der Waals surface area (Å²) in [6, 6.07) is 13.7. The van der Waals surface area contributed by atoms with Crippen molar-refractivity contribution in [1.82, 2.24) is 14.7 Å². The molecule has 0 aromatic heterocycles. The average molecular weight is 636 g/mol. The number of fused-ring (bicyclic) bond motifs is 1. The Morgan fingerprint density at radius 1 is 0.935 bits per heavy atom. The molecular weight excluding hydrogens is 586 g/mol. The number of ether oxygens (including phenoxy) is 3. The molecule has 250 valence electrons. The number of carbonyl (C=O) groups is 3. The largest absolute Gasteiger partial charge is 0.493 e. The monoisotopic (exact) mass is 635 g/mol. The molecule has 3 atom stereocenters. The van der Waals surface area contributed by atoms with Gasteiger partial charge in [0, 0.05) is 81.7 Å². The lowest BCUT2D eigenvalue weighted by Crippen LogP contribution is -2.46. The zero-order chi connectivity index (χ0) is 32.8. The first-order valence-electron chi connectivity index (χ1n) is 16.7. The quantitative estimate of drug-likeness (QED) is 0.292. The smallest absolute Gasteiger partial charge is 0.407 e. The molecule has 1 saturated heterocycles. The van der Waals surface area contributed by atoms with Crippen LogP contribution in [0.4, 0.5) is 4.79 Å². The lowest BCUT2D eigenvalue weighted by molar-refractivity contribution is -0.137. The molecule has 2 aromatic carbocycles.